The van der Waals surface area contributed by atoms with Crippen LogP contribution in [0.15, 0.2) is 72.3 Å². The predicted molar refractivity (Wildman–Crippen MR) is 105 cm³/mol. The van der Waals surface area contributed by atoms with E-state index in [-0.39, 0.29) is 24.5 Å². The van der Waals surface area contributed by atoms with E-state index in [1.54, 1.807) is 49.4 Å². The molecule has 148 valence electrons. The summed E-state index contributed by atoms with van der Waals surface area (Å²) in [5.41, 5.74) is -0.231. The first-order chi connectivity index (χ1) is 14.1. The van der Waals surface area contributed by atoms with Crippen LogP contribution in [0.25, 0.3) is 0 Å². The molecule has 0 N–H and O–H groups in total. The molecule has 29 heavy (non-hydrogen) atoms. The summed E-state index contributed by atoms with van der Waals surface area (Å²) in [6, 6.07) is 17.8. The van der Waals surface area contributed by atoms with Crippen molar-refractivity contribution in [3.8, 4) is 0 Å². The lowest BCUT2D eigenvalue weighted by molar-refractivity contribution is -0.147. The Morgan fingerprint density at radius 1 is 1.10 bits per heavy atom. The monoisotopic (exact) mass is 391 g/mol. The Labute approximate surface area is 168 Å². The highest BCUT2D eigenvalue weighted by Gasteiger charge is 2.63. The molecule has 1 fully saturated rings. The molecule has 6 heteroatoms. The third-order valence-electron chi connectivity index (χ3n) is 5.32. The number of esters is 2. The normalized spacial score (nSPS) is 23.1. The number of benzene rings is 2. The zero-order valence-electron chi connectivity index (χ0n) is 16.0. The molecule has 0 aromatic heterocycles. The topological polar surface area (TPSA) is 72.9 Å². The lowest BCUT2D eigenvalue weighted by Gasteiger charge is -2.34. The third kappa shape index (κ3) is 3.01. The summed E-state index contributed by atoms with van der Waals surface area (Å²) >= 11 is 0. The highest BCUT2D eigenvalue weighted by molar-refractivity contribution is 6.08. The zero-order valence-corrected chi connectivity index (χ0v) is 16.0. The van der Waals surface area contributed by atoms with Gasteiger partial charge in [0.25, 0.3) is 5.91 Å². The number of rotatable bonds is 4. The number of cyclic esters (lactones) is 1. The van der Waals surface area contributed by atoms with Crippen LogP contribution in [-0.2, 0) is 19.1 Å². The van der Waals surface area contributed by atoms with Crippen molar-refractivity contribution in [2.45, 2.75) is 31.5 Å². The van der Waals surface area contributed by atoms with Crippen LogP contribution in [0.1, 0.15) is 41.9 Å². The molecule has 6 nitrogen and oxygen atoms in total. The van der Waals surface area contributed by atoms with E-state index in [0.29, 0.717) is 17.5 Å². The molecule has 0 bridgehead atoms. The summed E-state index contributed by atoms with van der Waals surface area (Å²) in [5, 5.41) is 0. The highest BCUT2D eigenvalue weighted by Crippen LogP contribution is 2.49. The summed E-state index contributed by atoms with van der Waals surface area (Å²) in [4.78, 5) is 40.8. The van der Waals surface area contributed by atoms with Gasteiger partial charge in [-0.05, 0) is 31.9 Å². The van der Waals surface area contributed by atoms with Gasteiger partial charge in [-0.15, -0.1) is 0 Å². The Morgan fingerprint density at radius 2 is 1.76 bits per heavy atom. The molecule has 2 aromatic carbocycles. The van der Waals surface area contributed by atoms with Gasteiger partial charge in [0.1, 0.15) is 0 Å². The van der Waals surface area contributed by atoms with E-state index in [9.17, 15) is 14.4 Å². The van der Waals surface area contributed by atoms with E-state index in [4.69, 9.17) is 9.47 Å². The van der Waals surface area contributed by atoms with E-state index >= 15 is 0 Å². The summed E-state index contributed by atoms with van der Waals surface area (Å²) in [6.07, 6.45) is 1.51. The Hall–Kier alpha value is -3.41. The molecule has 1 spiro atoms. The van der Waals surface area contributed by atoms with Crippen LogP contribution in [0.4, 0.5) is 0 Å². The highest BCUT2D eigenvalue weighted by atomic mass is 16.6. The van der Waals surface area contributed by atoms with E-state index < -0.39 is 23.7 Å². The SMILES string of the molecule is CCOC(=O)C1=CCC[C@@]12C(=O)O[C@H](c1ccccc1)N2C(=O)c1ccccc1. The van der Waals surface area contributed by atoms with Gasteiger partial charge in [-0.3, -0.25) is 9.69 Å². The first-order valence-electron chi connectivity index (χ1n) is 9.62. The summed E-state index contributed by atoms with van der Waals surface area (Å²) in [7, 11) is 0. The number of allylic oxidation sites excluding steroid dienone is 1. The fourth-order valence-electron chi connectivity index (χ4n) is 4.04. The molecule has 2 aliphatic rings. The minimum absolute atomic E-state index is 0.173. The molecule has 0 saturated carbocycles. The average molecular weight is 391 g/mol. The van der Waals surface area contributed by atoms with Gasteiger partial charge in [0.15, 0.2) is 5.54 Å². The number of hydrogen-bond donors (Lipinski definition) is 0. The van der Waals surface area contributed by atoms with Gasteiger partial charge in [-0.2, -0.15) is 0 Å². The molecule has 2 aromatic rings. The van der Waals surface area contributed by atoms with Crippen molar-refractivity contribution in [1.82, 2.24) is 4.90 Å². The molecule has 0 unspecified atom stereocenters. The number of hydrogen-bond acceptors (Lipinski definition) is 5. The van der Waals surface area contributed by atoms with Gasteiger partial charge in [0, 0.05) is 11.1 Å². The maximum absolute atomic E-state index is 13.6. The lowest BCUT2D eigenvalue weighted by Crippen LogP contribution is -2.53. The second-order valence-corrected chi connectivity index (χ2v) is 6.95. The van der Waals surface area contributed by atoms with Gasteiger partial charge in [-0.1, -0.05) is 54.6 Å². The first-order valence-corrected chi connectivity index (χ1v) is 9.62. The molecular formula is C23H21NO5. The van der Waals surface area contributed by atoms with Crippen LogP contribution in [-0.4, -0.2) is 34.9 Å². The smallest absolute Gasteiger partial charge is 0.339 e. The Bertz CT molecular complexity index is 969. The second-order valence-electron chi connectivity index (χ2n) is 6.95. The maximum Gasteiger partial charge on any atom is 0.339 e. The van der Waals surface area contributed by atoms with Crippen LogP contribution in [0, 0.1) is 0 Å². The minimum Gasteiger partial charge on any atom is -0.463 e. The van der Waals surface area contributed by atoms with Crippen molar-refractivity contribution in [2.75, 3.05) is 6.61 Å². The van der Waals surface area contributed by atoms with Crippen molar-refractivity contribution < 1.29 is 23.9 Å². The van der Waals surface area contributed by atoms with Gasteiger partial charge in [-0.25, -0.2) is 9.59 Å². The molecule has 0 radical (unpaired) electrons. The van der Waals surface area contributed by atoms with Crippen molar-refractivity contribution >= 4 is 17.8 Å². The maximum atomic E-state index is 13.6. The lowest BCUT2D eigenvalue weighted by atomic mass is 9.88. The van der Waals surface area contributed by atoms with Crippen LogP contribution in [0.5, 0.6) is 0 Å². The molecule has 1 saturated heterocycles. The van der Waals surface area contributed by atoms with E-state index in [0.717, 1.165) is 0 Å². The molecule has 1 amide bonds. The van der Waals surface area contributed by atoms with Gasteiger partial charge in [0.2, 0.25) is 6.23 Å². The fourth-order valence-corrected chi connectivity index (χ4v) is 4.04. The van der Waals surface area contributed by atoms with Gasteiger partial charge in [0.05, 0.1) is 12.2 Å². The number of ether oxygens (including phenoxy) is 2. The Morgan fingerprint density at radius 3 is 2.41 bits per heavy atom. The van der Waals surface area contributed by atoms with Crippen molar-refractivity contribution in [3.05, 3.63) is 83.4 Å². The number of carbonyl (C=O) groups excluding carboxylic acids is 3. The Kier molecular flexibility index (Phi) is 4.92. The average Bonchev–Trinajstić information content (AvgIpc) is 3.32. The van der Waals surface area contributed by atoms with E-state index in [1.165, 1.54) is 4.90 Å². The largest absolute Gasteiger partial charge is 0.463 e. The molecule has 4 rings (SSSR count). The zero-order chi connectivity index (χ0) is 20.4. The van der Waals surface area contributed by atoms with Crippen molar-refractivity contribution in [3.63, 3.8) is 0 Å². The van der Waals surface area contributed by atoms with E-state index in [2.05, 4.69) is 0 Å². The third-order valence-corrected chi connectivity index (χ3v) is 5.32. The standard InChI is InChI=1S/C23H21NO5/c1-2-28-21(26)18-14-9-15-23(18)22(27)29-20(17-12-7-4-8-13-17)24(23)19(25)16-10-5-3-6-11-16/h3-8,10-14,20H,2,9,15H2,1H3/t20-,23+/m1/s1. The summed E-state index contributed by atoms with van der Waals surface area (Å²) in [6.45, 7) is 1.88. The van der Waals surface area contributed by atoms with Crippen LogP contribution in [0.3, 0.4) is 0 Å². The quantitative estimate of drug-likeness (QED) is 0.747. The van der Waals surface area contributed by atoms with Crippen LogP contribution in [0.2, 0.25) is 0 Å². The molecule has 1 aliphatic carbocycles. The summed E-state index contributed by atoms with van der Waals surface area (Å²) < 4.78 is 10.9. The molecule has 1 heterocycles. The second kappa shape index (κ2) is 7.54. The van der Waals surface area contributed by atoms with Gasteiger partial charge < -0.3 is 9.47 Å². The van der Waals surface area contributed by atoms with Crippen molar-refractivity contribution in [2.24, 2.45) is 0 Å². The molecule has 1 aliphatic heterocycles. The number of nitrogens with zero attached hydrogens (tertiary/aromatic N) is 1. The van der Waals surface area contributed by atoms with E-state index in [1.807, 2.05) is 24.3 Å². The molecule has 2 atom stereocenters. The number of carbonyl (C=O) groups is 3. The van der Waals surface area contributed by atoms with Crippen molar-refractivity contribution in [1.29, 1.82) is 0 Å². The van der Waals surface area contributed by atoms with Crippen LogP contribution < -0.4 is 0 Å². The Balaban J connectivity index is 1.85. The first kappa shape index (κ1) is 18.9. The predicted octanol–water partition coefficient (Wildman–Crippen LogP) is 3.41. The fraction of sp³-hybridized carbons (Fsp3) is 0.261. The minimum atomic E-state index is -1.49. The number of amides is 1. The van der Waals surface area contributed by atoms with Gasteiger partial charge >= 0.3 is 11.9 Å². The summed E-state index contributed by atoms with van der Waals surface area (Å²) in [5.74, 6) is -1.57. The van der Waals surface area contributed by atoms with Crippen LogP contribution >= 0.6 is 0 Å². The molecular weight excluding hydrogens is 370 g/mol.